The van der Waals surface area contributed by atoms with Crippen LogP contribution in [0.3, 0.4) is 0 Å². The summed E-state index contributed by atoms with van der Waals surface area (Å²) >= 11 is 0. The van der Waals surface area contributed by atoms with Crippen molar-refractivity contribution in [3.8, 4) is 0 Å². The van der Waals surface area contributed by atoms with Crippen LogP contribution in [0, 0.1) is 17.0 Å². The van der Waals surface area contributed by atoms with E-state index in [-0.39, 0.29) is 11.3 Å². The fourth-order valence-electron chi connectivity index (χ4n) is 2.39. The molecule has 0 bridgehead atoms. The summed E-state index contributed by atoms with van der Waals surface area (Å²) < 4.78 is 0. The number of aryl methyl sites for hydroxylation is 1. The van der Waals surface area contributed by atoms with Gasteiger partial charge in [-0.2, -0.15) is 5.10 Å². The predicted molar refractivity (Wildman–Crippen MR) is 80.4 cm³/mol. The molecule has 0 heterocycles. The summed E-state index contributed by atoms with van der Waals surface area (Å²) in [5, 5.41) is 15.0. The third-order valence-electron chi connectivity index (χ3n) is 3.66. The van der Waals surface area contributed by atoms with Gasteiger partial charge < -0.3 is 0 Å². The van der Waals surface area contributed by atoms with Gasteiger partial charge in [0, 0.05) is 22.9 Å². The van der Waals surface area contributed by atoms with E-state index in [0.717, 1.165) is 31.4 Å². The van der Waals surface area contributed by atoms with Crippen LogP contribution in [0.1, 0.15) is 54.4 Å². The van der Waals surface area contributed by atoms with E-state index < -0.39 is 10.8 Å². The highest BCUT2D eigenvalue weighted by Gasteiger charge is 2.15. The number of nitro groups is 1. The normalized spacial score (nSPS) is 15.2. The van der Waals surface area contributed by atoms with Gasteiger partial charge in [0.05, 0.1) is 4.92 Å². The van der Waals surface area contributed by atoms with Crippen LogP contribution in [-0.4, -0.2) is 16.5 Å². The Labute approximate surface area is 123 Å². The van der Waals surface area contributed by atoms with Crippen LogP contribution >= 0.6 is 0 Å². The maximum atomic E-state index is 12.0. The molecule has 0 atom stereocenters. The maximum Gasteiger partial charge on any atom is 0.273 e. The zero-order valence-corrected chi connectivity index (χ0v) is 12.1. The number of carbonyl (C=O) groups is 1. The van der Waals surface area contributed by atoms with E-state index in [9.17, 15) is 14.9 Å². The Balaban J connectivity index is 2.08. The maximum absolute atomic E-state index is 12.0. The molecule has 1 aromatic rings. The molecule has 6 nitrogen and oxygen atoms in total. The molecular weight excluding hydrogens is 270 g/mol. The molecule has 0 unspecified atom stereocenters. The highest BCUT2D eigenvalue weighted by Crippen LogP contribution is 2.19. The van der Waals surface area contributed by atoms with E-state index in [2.05, 4.69) is 10.5 Å². The van der Waals surface area contributed by atoms with Crippen molar-refractivity contribution in [1.29, 1.82) is 0 Å². The standard InChI is InChI=1S/C15H19N3O3/c1-11-8-9-12(10-14(11)18(20)21)15(19)17-16-13-6-4-2-3-5-7-13/h8-10H,2-7H2,1H3,(H,17,19). The van der Waals surface area contributed by atoms with Crippen molar-refractivity contribution >= 4 is 17.3 Å². The molecule has 1 aliphatic carbocycles. The summed E-state index contributed by atoms with van der Waals surface area (Å²) in [6, 6.07) is 4.44. The molecule has 1 aliphatic rings. The number of hydrazone groups is 1. The van der Waals surface area contributed by atoms with Gasteiger partial charge in [0.2, 0.25) is 0 Å². The first-order valence-corrected chi connectivity index (χ1v) is 7.19. The first-order valence-electron chi connectivity index (χ1n) is 7.19. The minimum absolute atomic E-state index is 0.0511. The zero-order valence-electron chi connectivity index (χ0n) is 12.1. The second kappa shape index (κ2) is 6.97. The Kier molecular flexibility index (Phi) is 5.03. The molecule has 1 N–H and O–H groups in total. The number of nitrogens with one attached hydrogen (secondary N) is 1. The molecule has 0 aliphatic heterocycles. The molecule has 0 radical (unpaired) electrons. The van der Waals surface area contributed by atoms with Crippen LogP contribution in [0.15, 0.2) is 23.3 Å². The topological polar surface area (TPSA) is 84.6 Å². The number of rotatable bonds is 3. The van der Waals surface area contributed by atoms with E-state index in [1.165, 1.54) is 18.9 Å². The van der Waals surface area contributed by atoms with Gasteiger partial charge in [-0.1, -0.05) is 18.9 Å². The van der Waals surface area contributed by atoms with Crippen LogP contribution in [0.25, 0.3) is 0 Å². The SMILES string of the molecule is Cc1ccc(C(=O)NN=C2CCCCCC2)cc1[N+](=O)[O-]. The van der Waals surface area contributed by atoms with Crippen molar-refractivity contribution in [2.45, 2.75) is 45.4 Å². The first kappa shape index (κ1) is 15.2. The molecule has 0 aromatic heterocycles. The minimum atomic E-state index is -0.483. The Morgan fingerprint density at radius 3 is 2.52 bits per heavy atom. The summed E-state index contributed by atoms with van der Waals surface area (Å²) in [5.74, 6) is -0.408. The van der Waals surface area contributed by atoms with Crippen molar-refractivity contribution in [3.05, 3.63) is 39.4 Å². The molecule has 1 fully saturated rings. The number of benzene rings is 1. The van der Waals surface area contributed by atoms with E-state index in [1.54, 1.807) is 19.1 Å². The molecule has 1 saturated carbocycles. The highest BCUT2D eigenvalue weighted by molar-refractivity contribution is 5.96. The lowest BCUT2D eigenvalue weighted by molar-refractivity contribution is -0.385. The number of hydrogen-bond acceptors (Lipinski definition) is 4. The Hall–Kier alpha value is -2.24. The van der Waals surface area contributed by atoms with Crippen molar-refractivity contribution < 1.29 is 9.72 Å². The van der Waals surface area contributed by atoms with Crippen molar-refractivity contribution in [2.24, 2.45) is 5.10 Å². The number of carbonyl (C=O) groups excluding carboxylic acids is 1. The second-order valence-corrected chi connectivity index (χ2v) is 5.29. The summed E-state index contributed by atoms with van der Waals surface area (Å²) in [6.07, 6.45) is 6.44. The van der Waals surface area contributed by atoms with Crippen LogP contribution in [-0.2, 0) is 0 Å². The van der Waals surface area contributed by atoms with Crippen LogP contribution in [0.4, 0.5) is 5.69 Å². The molecule has 112 valence electrons. The quantitative estimate of drug-likeness (QED) is 0.526. The number of nitro benzene ring substituents is 1. The largest absolute Gasteiger partial charge is 0.273 e. The molecule has 1 amide bonds. The number of amides is 1. The third kappa shape index (κ3) is 4.11. The zero-order chi connectivity index (χ0) is 15.2. The monoisotopic (exact) mass is 289 g/mol. The average Bonchev–Trinajstić information content (AvgIpc) is 2.73. The molecule has 0 spiro atoms. The van der Waals surface area contributed by atoms with Gasteiger partial charge >= 0.3 is 0 Å². The molecule has 21 heavy (non-hydrogen) atoms. The Bertz CT molecular complexity index is 572. The lowest BCUT2D eigenvalue weighted by atomic mass is 10.1. The van der Waals surface area contributed by atoms with Gasteiger partial charge in [-0.25, -0.2) is 5.43 Å². The number of nitrogens with zero attached hydrogens (tertiary/aromatic N) is 2. The van der Waals surface area contributed by atoms with E-state index in [0.29, 0.717) is 5.56 Å². The van der Waals surface area contributed by atoms with Gasteiger partial charge in [-0.15, -0.1) is 0 Å². The summed E-state index contributed by atoms with van der Waals surface area (Å²) in [5.41, 5.74) is 4.25. The van der Waals surface area contributed by atoms with Crippen LogP contribution in [0.5, 0.6) is 0 Å². The van der Waals surface area contributed by atoms with E-state index in [4.69, 9.17) is 0 Å². The van der Waals surface area contributed by atoms with Crippen molar-refractivity contribution in [3.63, 3.8) is 0 Å². The lowest BCUT2D eigenvalue weighted by Gasteiger charge is -2.04. The smallest absolute Gasteiger partial charge is 0.267 e. The van der Waals surface area contributed by atoms with Gasteiger partial charge in [0.15, 0.2) is 0 Å². The Morgan fingerprint density at radius 1 is 1.24 bits per heavy atom. The average molecular weight is 289 g/mol. The summed E-state index contributed by atoms with van der Waals surface area (Å²) in [7, 11) is 0. The summed E-state index contributed by atoms with van der Waals surface area (Å²) in [6.45, 7) is 1.64. The van der Waals surface area contributed by atoms with Gasteiger partial charge in [0.1, 0.15) is 0 Å². The van der Waals surface area contributed by atoms with E-state index in [1.807, 2.05) is 0 Å². The van der Waals surface area contributed by atoms with Crippen LogP contribution < -0.4 is 5.43 Å². The van der Waals surface area contributed by atoms with Gasteiger partial charge in [0.25, 0.3) is 11.6 Å². The third-order valence-corrected chi connectivity index (χ3v) is 3.66. The summed E-state index contributed by atoms with van der Waals surface area (Å²) in [4.78, 5) is 22.4. The van der Waals surface area contributed by atoms with Gasteiger partial charge in [-0.05, 0) is 38.7 Å². The van der Waals surface area contributed by atoms with Crippen molar-refractivity contribution in [1.82, 2.24) is 5.43 Å². The lowest BCUT2D eigenvalue weighted by Crippen LogP contribution is -2.19. The second-order valence-electron chi connectivity index (χ2n) is 5.29. The molecule has 1 aromatic carbocycles. The molecule has 0 saturated heterocycles. The Morgan fingerprint density at radius 2 is 1.90 bits per heavy atom. The van der Waals surface area contributed by atoms with Crippen molar-refractivity contribution in [2.75, 3.05) is 0 Å². The molecule has 6 heteroatoms. The molecule has 2 rings (SSSR count). The first-order chi connectivity index (χ1) is 10.1. The highest BCUT2D eigenvalue weighted by atomic mass is 16.6. The van der Waals surface area contributed by atoms with E-state index >= 15 is 0 Å². The fourth-order valence-corrected chi connectivity index (χ4v) is 2.39. The molecular formula is C15H19N3O3. The number of hydrogen-bond donors (Lipinski definition) is 1. The van der Waals surface area contributed by atoms with Gasteiger partial charge in [-0.3, -0.25) is 14.9 Å². The minimum Gasteiger partial charge on any atom is -0.267 e. The predicted octanol–water partition coefficient (Wildman–Crippen LogP) is 3.34. The fraction of sp³-hybridized carbons (Fsp3) is 0.467. The van der Waals surface area contributed by atoms with Crippen LogP contribution in [0.2, 0.25) is 0 Å².